The first-order valence-electron chi connectivity index (χ1n) is 5.38. The van der Waals surface area contributed by atoms with Crippen molar-refractivity contribution in [1.82, 2.24) is 0 Å². The van der Waals surface area contributed by atoms with Gasteiger partial charge in [-0.15, -0.1) is 0 Å². The minimum absolute atomic E-state index is 0.669. The van der Waals surface area contributed by atoms with E-state index < -0.39 is 20.2 Å². The van der Waals surface area contributed by atoms with Gasteiger partial charge in [0.2, 0.25) is 0 Å². The van der Waals surface area contributed by atoms with Gasteiger partial charge < -0.3 is 4.90 Å². The summed E-state index contributed by atoms with van der Waals surface area (Å²) in [5.74, 6) is 0. The molecule has 0 unspecified atom stereocenters. The molecule has 0 saturated carbocycles. The van der Waals surface area contributed by atoms with Crippen LogP contribution in [0.1, 0.15) is 6.42 Å². The van der Waals surface area contributed by atoms with Crippen LogP contribution in [0, 0.1) is 0 Å². The first-order valence-corrected chi connectivity index (χ1v) is 7.99. The summed E-state index contributed by atoms with van der Waals surface area (Å²) in [5, 5.41) is 0.817. The van der Waals surface area contributed by atoms with Crippen molar-refractivity contribution in [3.63, 3.8) is 0 Å². The fourth-order valence-electron chi connectivity index (χ4n) is 1.44. The van der Waals surface area contributed by atoms with E-state index in [0.29, 0.717) is 5.69 Å². The minimum Gasteiger partial charge on any atom is -0.375 e. The maximum atomic E-state index is 12.3. The molecule has 1 aromatic carbocycles. The Morgan fingerprint density at radius 3 is 2.16 bits per heavy atom. The van der Waals surface area contributed by atoms with Gasteiger partial charge in [-0.25, -0.2) is 8.42 Å². The number of alkyl halides is 4. The average molecular weight is 360 g/mol. The Hall–Kier alpha value is -0.760. The fourth-order valence-corrected chi connectivity index (χ4v) is 2.45. The first kappa shape index (κ1) is 16.3. The van der Waals surface area contributed by atoms with Crippen LogP contribution in [0.15, 0.2) is 29.2 Å². The second kappa shape index (κ2) is 6.13. The average Bonchev–Trinajstić information content (AvgIpc) is 2.34. The summed E-state index contributed by atoms with van der Waals surface area (Å²) in [7, 11) is -3.47. The molecule has 0 aliphatic rings. The lowest BCUT2D eigenvalue weighted by molar-refractivity contribution is -0.0436. The molecule has 19 heavy (non-hydrogen) atoms. The predicted molar refractivity (Wildman–Crippen MR) is 71.4 cm³/mol. The summed E-state index contributed by atoms with van der Waals surface area (Å²) in [5.41, 5.74) is -4.60. The Labute approximate surface area is 118 Å². The highest BCUT2D eigenvalue weighted by Gasteiger charge is 2.46. The molecule has 8 heteroatoms. The van der Waals surface area contributed by atoms with Crippen LogP contribution in [-0.2, 0) is 9.84 Å². The van der Waals surface area contributed by atoms with Crippen LogP contribution in [0.5, 0.6) is 0 Å². The molecule has 0 fully saturated rings. The van der Waals surface area contributed by atoms with Crippen LogP contribution < -0.4 is 4.90 Å². The number of anilines is 1. The highest BCUT2D eigenvalue weighted by molar-refractivity contribution is 9.09. The van der Waals surface area contributed by atoms with Crippen molar-refractivity contribution in [2.45, 2.75) is 16.8 Å². The smallest absolute Gasteiger partial charge is 0.375 e. The molecule has 108 valence electrons. The molecular weight excluding hydrogens is 347 g/mol. The van der Waals surface area contributed by atoms with Gasteiger partial charge in [-0.05, 0) is 30.7 Å². The summed E-state index contributed by atoms with van der Waals surface area (Å²) in [6, 6.07) is 4.69. The zero-order chi connectivity index (χ0) is 14.7. The van der Waals surface area contributed by atoms with Crippen LogP contribution in [-0.4, -0.2) is 32.8 Å². The van der Waals surface area contributed by atoms with Gasteiger partial charge in [0.25, 0.3) is 9.84 Å². The van der Waals surface area contributed by atoms with Crippen molar-refractivity contribution >= 4 is 31.5 Å². The summed E-state index contributed by atoms with van der Waals surface area (Å²) in [6.45, 7) is 0.719. The van der Waals surface area contributed by atoms with Gasteiger partial charge >= 0.3 is 5.51 Å². The maximum Gasteiger partial charge on any atom is 0.501 e. The fraction of sp³-hybridized carbons (Fsp3) is 0.455. The second-order valence-corrected chi connectivity index (χ2v) is 6.64. The molecule has 0 radical (unpaired) electrons. The normalized spacial score (nSPS) is 12.5. The Kier molecular flexibility index (Phi) is 5.26. The van der Waals surface area contributed by atoms with Gasteiger partial charge in [0.05, 0.1) is 4.90 Å². The molecular formula is C11H13BrF3NO2S. The van der Waals surface area contributed by atoms with Gasteiger partial charge in [-0.3, -0.25) is 0 Å². The third kappa shape index (κ3) is 3.85. The van der Waals surface area contributed by atoms with Crippen molar-refractivity contribution in [2.24, 2.45) is 0 Å². The molecule has 3 nitrogen and oxygen atoms in total. The molecule has 0 aromatic heterocycles. The van der Waals surface area contributed by atoms with Gasteiger partial charge in [-0.2, -0.15) is 13.2 Å². The number of halogens is 4. The van der Waals surface area contributed by atoms with Crippen LogP contribution in [0.25, 0.3) is 0 Å². The lowest BCUT2D eigenvalue weighted by Crippen LogP contribution is -2.23. The maximum absolute atomic E-state index is 12.3. The van der Waals surface area contributed by atoms with Crippen LogP contribution in [0.3, 0.4) is 0 Å². The number of nitrogens with zero attached hydrogens (tertiary/aromatic N) is 1. The van der Waals surface area contributed by atoms with E-state index in [0.717, 1.165) is 30.4 Å². The summed E-state index contributed by atoms with van der Waals surface area (Å²) in [4.78, 5) is 1.10. The lowest BCUT2D eigenvalue weighted by atomic mass is 10.3. The number of sulfone groups is 1. The van der Waals surface area contributed by atoms with Gasteiger partial charge in [0, 0.05) is 24.6 Å². The zero-order valence-corrected chi connectivity index (χ0v) is 12.5. The molecule has 0 aliphatic heterocycles. The van der Waals surface area contributed by atoms with Gasteiger partial charge in [-0.1, -0.05) is 15.9 Å². The Morgan fingerprint density at radius 2 is 1.74 bits per heavy atom. The highest BCUT2D eigenvalue weighted by atomic mass is 79.9. The van der Waals surface area contributed by atoms with Crippen LogP contribution in [0.2, 0.25) is 0 Å². The number of hydrogen-bond acceptors (Lipinski definition) is 3. The quantitative estimate of drug-likeness (QED) is 0.757. The van der Waals surface area contributed by atoms with E-state index in [1.54, 1.807) is 7.05 Å². The Bertz CT molecular complexity index is 514. The standard InChI is InChI=1S/C11H13BrF3NO2S/c1-16(8-2-7-12)9-3-5-10(6-4-9)19(17,18)11(13,14)15/h3-6H,2,7-8H2,1H3. The Balaban J connectivity index is 2.94. The van der Waals surface area contributed by atoms with E-state index in [1.165, 1.54) is 12.1 Å². The van der Waals surface area contributed by atoms with E-state index in [2.05, 4.69) is 15.9 Å². The second-order valence-electron chi connectivity index (χ2n) is 3.91. The lowest BCUT2D eigenvalue weighted by Gasteiger charge is -2.19. The first-order chi connectivity index (χ1) is 8.70. The summed E-state index contributed by atoms with van der Waals surface area (Å²) in [6.07, 6.45) is 0.874. The molecule has 1 aromatic rings. The van der Waals surface area contributed by atoms with Crippen molar-refractivity contribution in [3.8, 4) is 0 Å². The molecule has 0 saturated heterocycles. The largest absolute Gasteiger partial charge is 0.501 e. The molecule has 0 bridgehead atoms. The zero-order valence-electron chi connectivity index (χ0n) is 10.1. The van der Waals surface area contributed by atoms with Gasteiger partial charge in [0.1, 0.15) is 0 Å². The van der Waals surface area contributed by atoms with E-state index in [4.69, 9.17) is 0 Å². The minimum atomic E-state index is -5.27. The SMILES string of the molecule is CN(CCCBr)c1ccc(S(=O)(=O)C(F)(F)F)cc1. The summed E-state index contributed by atoms with van der Waals surface area (Å²) < 4.78 is 59.3. The van der Waals surface area contributed by atoms with E-state index in [9.17, 15) is 21.6 Å². The highest BCUT2D eigenvalue weighted by Crippen LogP contribution is 2.31. The molecule has 0 atom stereocenters. The third-order valence-electron chi connectivity index (χ3n) is 2.52. The Morgan fingerprint density at radius 1 is 1.21 bits per heavy atom. The van der Waals surface area contributed by atoms with E-state index in [1.807, 2.05) is 4.90 Å². The van der Waals surface area contributed by atoms with E-state index >= 15 is 0 Å². The monoisotopic (exact) mass is 359 g/mol. The van der Waals surface area contributed by atoms with Crippen molar-refractivity contribution in [2.75, 3.05) is 23.8 Å². The number of rotatable bonds is 5. The van der Waals surface area contributed by atoms with E-state index in [-0.39, 0.29) is 0 Å². The van der Waals surface area contributed by atoms with Crippen molar-refractivity contribution in [1.29, 1.82) is 0 Å². The molecule has 1 rings (SSSR count). The van der Waals surface area contributed by atoms with Crippen LogP contribution >= 0.6 is 15.9 Å². The topological polar surface area (TPSA) is 37.4 Å². The summed E-state index contributed by atoms with van der Waals surface area (Å²) >= 11 is 3.28. The molecule has 0 N–H and O–H groups in total. The van der Waals surface area contributed by atoms with Crippen molar-refractivity contribution in [3.05, 3.63) is 24.3 Å². The van der Waals surface area contributed by atoms with Crippen molar-refractivity contribution < 1.29 is 21.6 Å². The predicted octanol–water partition coefficient (Wildman–Crippen LogP) is 3.20. The molecule has 0 amide bonds. The number of hydrogen-bond donors (Lipinski definition) is 0. The molecule has 0 spiro atoms. The molecule has 0 heterocycles. The number of benzene rings is 1. The molecule has 0 aliphatic carbocycles. The van der Waals surface area contributed by atoms with Crippen LogP contribution in [0.4, 0.5) is 18.9 Å². The van der Waals surface area contributed by atoms with Gasteiger partial charge in [0.15, 0.2) is 0 Å². The third-order valence-corrected chi connectivity index (χ3v) is 4.58.